The number of urea groups is 1. The van der Waals surface area contributed by atoms with Crippen LogP contribution in [0, 0.1) is 20.8 Å². The van der Waals surface area contributed by atoms with Gasteiger partial charge in [0.1, 0.15) is 5.57 Å². The van der Waals surface area contributed by atoms with Crippen LogP contribution in [0.3, 0.4) is 0 Å². The molecule has 6 nitrogen and oxygen atoms in total. The number of amides is 4. The van der Waals surface area contributed by atoms with Crippen molar-refractivity contribution < 1.29 is 14.4 Å². The highest BCUT2D eigenvalue weighted by atomic mass is 16.2. The smallest absolute Gasteiger partial charge is 0.335 e. The lowest BCUT2D eigenvalue weighted by atomic mass is 10.1. The van der Waals surface area contributed by atoms with Gasteiger partial charge in [-0.05, 0) is 56.2 Å². The number of barbiturate groups is 1. The summed E-state index contributed by atoms with van der Waals surface area (Å²) in [6.07, 6.45) is 1.54. The molecule has 1 fully saturated rings. The van der Waals surface area contributed by atoms with E-state index in [2.05, 4.69) is 5.32 Å². The van der Waals surface area contributed by atoms with Crippen LogP contribution >= 0.6 is 0 Å². The molecule has 1 aliphatic heterocycles. The van der Waals surface area contributed by atoms with Gasteiger partial charge in [-0.2, -0.15) is 0 Å². The number of hydrogen-bond acceptors (Lipinski definition) is 3. The number of imide groups is 2. The molecule has 0 bridgehead atoms. The number of benzene rings is 1. The van der Waals surface area contributed by atoms with E-state index < -0.39 is 17.8 Å². The molecule has 1 saturated heterocycles. The predicted octanol–water partition coefficient (Wildman–Crippen LogP) is 2.62. The summed E-state index contributed by atoms with van der Waals surface area (Å²) < 4.78 is 1.97. The Hall–Kier alpha value is -3.15. The lowest BCUT2D eigenvalue weighted by molar-refractivity contribution is -0.122. The number of anilines is 1. The Kier molecular flexibility index (Phi) is 4.04. The topological polar surface area (TPSA) is 71.4 Å². The minimum atomic E-state index is -0.737. The summed E-state index contributed by atoms with van der Waals surface area (Å²) in [4.78, 5) is 38.2. The minimum absolute atomic E-state index is 0.0604. The molecule has 1 aliphatic rings. The maximum Gasteiger partial charge on any atom is 0.335 e. The Bertz CT molecular complexity index is 937. The van der Waals surface area contributed by atoms with Crippen LogP contribution in [0.4, 0.5) is 10.5 Å². The van der Waals surface area contributed by atoms with Gasteiger partial charge in [-0.15, -0.1) is 0 Å². The molecule has 128 valence electrons. The molecule has 1 N–H and O–H groups in total. The normalized spacial score (nSPS) is 16.6. The molecule has 0 spiro atoms. The molecule has 0 saturated carbocycles. The summed E-state index contributed by atoms with van der Waals surface area (Å²) in [5.74, 6) is -1.31. The van der Waals surface area contributed by atoms with Crippen LogP contribution in [0.5, 0.6) is 0 Å². The third kappa shape index (κ3) is 2.87. The molecular formula is C19H19N3O3. The summed E-state index contributed by atoms with van der Waals surface area (Å²) in [7, 11) is 1.91. The van der Waals surface area contributed by atoms with E-state index in [-0.39, 0.29) is 5.57 Å². The van der Waals surface area contributed by atoms with Crippen molar-refractivity contribution in [2.24, 2.45) is 7.05 Å². The summed E-state index contributed by atoms with van der Waals surface area (Å²) in [5.41, 5.74) is 4.01. The van der Waals surface area contributed by atoms with Crippen molar-refractivity contribution >= 4 is 29.6 Å². The Morgan fingerprint density at radius 1 is 1.04 bits per heavy atom. The molecule has 2 aromatic rings. The van der Waals surface area contributed by atoms with Crippen LogP contribution in [0.15, 0.2) is 35.9 Å². The quantitative estimate of drug-likeness (QED) is 0.676. The molecule has 0 aliphatic carbocycles. The summed E-state index contributed by atoms with van der Waals surface area (Å²) in [5, 5.41) is 2.24. The van der Waals surface area contributed by atoms with E-state index in [1.54, 1.807) is 18.2 Å². The Morgan fingerprint density at radius 2 is 1.76 bits per heavy atom. The second-order valence-corrected chi connectivity index (χ2v) is 6.18. The van der Waals surface area contributed by atoms with Gasteiger partial charge in [0.05, 0.1) is 5.69 Å². The number of carbonyl (C=O) groups excluding carboxylic acids is 3. The van der Waals surface area contributed by atoms with E-state index >= 15 is 0 Å². The highest BCUT2D eigenvalue weighted by molar-refractivity contribution is 6.39. The molecule has 25 heavy (non-hydrogen) atoms. The van der Waals surface area contributed by atoms with E-state index in [1.165, 1.54) is 6.08 Å². The van der Waals surface area contributed by atoms with Gasteiger partial charge in [-0.1, -0.05) is 12.1 Å². The van der Waals surface area contributed by atoms with E-state index in [4.69, 9.17) is 0 Å². The zero-order valence-corrected chi connectivity index (χ0v) is 14.6. The first-order valence-electron chi connectivity index (χ1n) is 7.90. The van der Waals surface area contributed by atoms with E-state index in [1.807, 2.05) is 44.5 Å². The second-order valence-electron chi connectivity index (χ2n) is 6.18. The zero-order chi connectivity index (χ0) is 18.3. The molecule has 0 atom stereocenters. The van der Waals surface area contributed by atoms with Crippen LogP contribution in [0.2, 0.25) is 0 Å². The highest BCUT2D eigenvalue weighted by Crippen LogP contribution is 2.24. The first kappa shape index (κ1) is 16.7. The molecule has 1 aromatic heterocycles. The fourth-order valence-electron chi connectivity index (χ4n) is 2.85. The fourth-order valence-corrected chi connectivity index (χ4v) is 2.85. The SMILES string of the molecule is Cc1cccc(N2C(=O)NC(=O)/C(=C\c3cc(C)n(C)c3C)C2=O)c1. The average Bonchev–Trinajstić information content (AvgIpc) is 2.78. The summed E-state index contributed by atoms with van der Waals surface area (Å²) >= 11 is 0. The molecule has 2 heterocycles. The number of aryl methyl sites for hydroxylation is 2. The zero-order valence-electron chi connectivity index (χ0n) is 14.6. The van der Waals surface area contributed by atoms with Gasteiger partial charge in [-0.25, -0.2) is 9.69 Å². The van der Waals surface area contributed by atoms with Crippen molar-refractivity contribution in [1.29, 1.82) is 0 Å². The third-order valence-electron chi connectivity index (χ3n) is 4.48. The number of nitrogens with zero attached hydrogens (tertiary/aromatic N) is 2. The lowest BCUT2D eigenvalue weighted by Gasteiger charge is -2.26. The van der Waals surface area contributed by atoms with Gasteiger partial charge in [0.25, 0.3) is 11.8 Å². The molecule has 0 radical (unpaired) electrons. The van der Waals surface area contributed by atoms with Gasteiger partial charge in [-0.3, -0.25) is 14.9 Å². The van der Waals surface area contributed by atoms with Gasteiger partial charge in [0.15, 0.2) is 0 Å². The van der Waals surface area contributed by atoms with Crippen LogP contribution in [-0.2, 0) is 16.6 Å². The van der Waals surface area contributed by atoms with Crippen molar-refractivity contribution in [3.8, 4) is 0 Å². The molecule has 1 aromatic carbocycles. The first-order valence-corrected chi connectivity index (χ1v) is 7.90. The largest absolute Gasteiger partial charge is 0.352 e. The monoisotopic (exact) mass is 337 g/mol. The maximum atomic E-state index is 12.8. The lowest BCUT2D eigenvalue weighted by Crippen LogP contribution is -2.54. The van der Waals surface area contributed by atoms with Crippen molar-refractivity contribution in [2.75, 3.05) is 4.90 Å². The van der Waals surface area contributed by atoms with Crippen LogP contribution in [-0.4, -0.2) is 22.4 Å². The molecule has 0 unspecified atom stereocenters. The predicted molar refractivity (Wildman–Crippen MR) is 95.1 cm³/mol. The van der Waals surface area contributed by atoms with E-state index in [9.17, 15) is 14.4 Å². The number of hydrogen-bond donors (Lipinski definition) is 1. The van der Waals surface area contributed by atoms with E-state index in [0.29, 0.717) is 5.69 Å². The first-order chi connectivity index (χ1) is 11.8. The molecule has 6 heteroatoms. The van der Waals surface area contributed by atoms with Crippen LogP contribution in [0.1, 0.15) is 22.5 Å². The van der Waals surface area contributed by atoms with Crippen molar-refractivity contribution in [2.45, 2.75) is 20.8 Å². The average molecular weight is 337 g/mol. The standard InChI is InChI=1S/C19H19N3O3/c1-11-6-5-7-15(8-11)22-18(24)16(17(23)20-19(22)25)10-14-9-12(2)21(4)13(14)3/h5-10H,1-4H3,(H,20,23,25)/b16-10+. The number of aromatic nitrogens is 1. The summed E-state index contributed by atoms with van der Waals surface area (Å²) in [6.45, 7) is 5.72. The molecule has 3 rings (SSSR count). The Morgan fingerprint density at radius 3 is 2.36 bits per heavy atom. The summed E-state index contributed by atoms with van der Waals surface area (Å²) in [6, 6.07) is 8.18. The van der Waals surface area contributed by atoms with Crippen LogP contribution < -0.4 is 10.2 Å². The third-order valence-corrected chi connectivity index (χ3v) is 4.48. The molecular weight excluding hydrogens is 318 g/mol. The van der Waals surface area contributed by atoms with Crippen LogP contribution in [0.25, 0.3) is 6.08 Å². The van der Waals surface area contributed by atoms with Crippen molar-refractivity contribution in [3.63, 3.8) is 0 Å². The molecule has 4 amide bonds. The second kappa shape index (κ2) is 6.05. The van der Waals surface area contributed by atoms with Gasteiger partial charge < -0.3 is 4.57 Å². The van der Waals surface area contributed by atoms with Gasteiger partial charge in [0, 0.05) is 18.4 Å². The Labute approximate surface area is 145 Å². The minimum Gasteiger partial charge on any atom is -0.352 e. The van der Waals surface area contributed by atoms with Crippen molar-refractivity contribution in [3.05, 3.63) is 58.4 Å². The number of nitrogens with one attached hydrogen (secondary N) is 1. The van der Waals surface area contributed by atoms with E-state index in [0.717, 1.165) is 27.4 Å². The number of carbonyl (C=O) groups is 3. The highest BCUT2D eigenvalue weighted by Gasteiger charge is 2.37. The van der Waals surface area contributed by atoms with Crippen molar-refractivity contribution in [1.82, 2.24) is 9.88 Å². The Balaban J connectivity index is 2.06. The fraction of sp³-hybridized carbons (Fsp3) is 0.211. The van der Waals surface area contributed by atoms with Gasteiger partial charge >= 0.3 is 6.03 Å². The van der Waals surface area contributed by atoms with Gasteiger partial charge in [0.2, 0.25) is 0 Å². The number of rotatable bonds is 2. The maximum absolute atomic E-state index is 12.8.